The fourth-order valence-corrected chi connectivity index (χ4v) is 3.09. The third kappa shape index (κ3) is 2.08. The van der Waals surface area contributed by atoms with Gasteiger partial charge in [-0.1, -0.05) is 0 Å². The minimum atomic E-state index is -0.363. The Kier molecular flexibility index (Phi) is 2.96. The molecule has 96 valence electrons. The van der Waals surface area contributed by atoms with E-state index in [0.717, 1.165) is 25.6 Å². The molecule has 4 heteroatoms. The van der Waals surface area contributed by atoms with Crippen LogP contribution in [0.4, 0.5) is 5.69 Å². The molecule has 0 saturated carbocycles. The van der Waals surface area contributed by atoms with Crippen LogP contribution in [0.3, 0.4) is 0 Å². The van der Waals surface area contributed by atoms with Gasteiger partial charge in [0.2, 0.25) is 5.91 Å². The van der Waals surface area contributed by atoms with Crippen molar-refractivity contribution in [3.8, 4) is 0 Å². The van der Waals surface area contributed by atoms with Gasteiger partial charge in [0.15, 0.2) is 0 Å². The van der Waals surface area contributed by atoms with E-state index in [1.807, 2.05) is 24.3 Å². The third-order valence-electron chi connectivity index (χ3n) is 4.12. The Balaban J connectivity index is 1.73. The summed E-state index contributed by atoms with van der Waals surface area (Å²) in [5.74, 6) is 0.410. The van der Waals surface area contributed by atoms with Crippen LogP contribution in [0.2, 0.25) is 0 Å². The summed E-state index contributed by atoms with van der Waals surface area (Å²) in [6, 6.07) is 8.25. The molecule has 2 atom stereocenters. The monoisotopic (exact) mass is 245 g/mol. The molecule has 1 aromatic carbocycles. The van der Waals surface area contributed by atoms with Crippen molar-refractivity contribution < 1.29 is 4.79 Å². The highest BCUT2D eigenvalue weighted by Gasteiger charge is 2.34. The lowest BCUT2D eigenvalue weighted by molar-refractivity contribution is 0.100. The SMILES string of the molecule is NC(=O)c1ccc(N2CC3CCCNC3C2)cc1. The molecule has 0 bridgehead atoms. The number of carbonyl (C=O) groups is 1. The molecule has 0 radical (unpaired) electrons. The zero-order chi connectivity index (χ0) is 12.5. The molecule has 2 aliphatic heterocycles. The van der Waals surface area contributed by atoms with Crippen LogP contribution in [-0.4, -0.2) is 31.6 Å². The second-order valence-corrected chi connectivity index (χ2v) is 5.28. The maximum atomic E-state index is 11.0. The molecular weight excluding hydrogens is 226 g/mol. The molecule has 0 aromatic heterocycles. The Hall–Kier alpha value is -1.55. The van der Waals surface area contributed by atoms with E-state index in [1.165, 1.54) is 18.5 Å². The molecule has 3 rings (SSSR count). The summed E-state index contributed by atoms with van der Waals surface area (Å²) in [4.78, 5) is 13.4. The molecular formula is C14H19N3O. The van der Waals surface area contributed by atoms with Crippen LogP contribution in [0.15, 0.2) is 24.3 Å². The highest BCUT2D eigenvalue weighted by atomic mass is 16.1. The predicted molar refractivity (Wildman–Crippen MR) is 71.7 cm³/mol. The first-order valence-corrected chi connectivity index (χ1v) is 6.62. The highest BCUT2D eigenvalue weighted by molar-refractivity contribution is 5.93. The van der Waals surface area contributed by atoms with Crippen molar-refractivity contribution in [2.75, 3.05) is 24.5 Å². The lowest BCUT2D eigenvalue weighted by atomic mass is 9.94. The van der Waals surface area contributed by atoms with Crippen molar-refractivity contribution in [3.05, 3.63) is 29.8 Å². The van der Waals surface area contributed by atoms with E-state index < -0.39 is 0 Å². The molecule has 1 aromatic rings. The number of amides is 1. The molecule has 0 aliphatic carbocycles. The highest BCUT2D eigenvalue weighted by Crippen LogP contribution is 2.29. The van der Waals surface area contributed by atoms with Crippen LogP contribution >= 0.6 is 0 Å². The lowest BCUT2D eigenvalue weighted by Crippen LogP contribution is -2.40. The summed E-state index contributed by atoms with van der Waals surface area (Å²) < 4.78 is 0. The number of fused-ring (bicyclic) bond motifs is 1. The van der Waals surface area contributed by atoms with Crippen LogP contribution in [0.25, 0.3) is 0 Å². The van der Waals surface area contributed by atoms with E-state index in [-0.39, 0.29) is 5.91 Å². The van der Waals surface area contributed by atoms with E-state index in [0.29, 0.717) is 11.6 Å². The molecule has 2 fully saturated rings. The Morgan fingerprint density at radius 3 is 2.72 bits per heavy atom. The van der Waals surface area contributed by atoms with Crippen molar-refractivity contribution in [2.24, 2.45) is 11.7 Å². The zero-order valence-corrected chi connectivity index (χ0v) is 10.4. The van der Waals surface area contributed by atoms with Gasteiger partial charge in [-0.05, 0) is 49.6 Å². The Morgan fingerprint density at radius 2 is 2.06 bits per heavy atom. The van der Waals surface area contributed by atoms with Crippen LogP contribution in [0.5, 0.6) is 0 Å². The number of rotatable bonds is 2. The average molecular weight is 245 g/mol. The summed E-state index contributed by atoms with van der Waals surface area (Å²) in [7, 11) is 0. The molecule has 1 amide bonds. The van der Waals surface area contributed by atoms with E-state index in [4.69, 9.17) is 5.73 Å². The minimum Gasteiger partial charge on any atom is -0.370 e. The van der Waals surface area contributed by atoms with E-state index in [2.05, 4.69) is 10.2 Å². The summed E-state index contributed by atoms with van der Waals surface area (Å²) in [6.07, 6.45) is 2.61. The normalized spacial score (nSPS) is 27.0. The fourth-order valence-electron chi connectivity index (χ4n) is 3.09. The van der Waals surface area contributed by atoms with Gasteiger partial charge in [-0.3, -0.25) is 4.79 Å². The molecule has 2 unspecified atom stereocenters. The van der Waals surface area contributed by atoms with Gasteiger partial charge in [-0.2, -0.15) is 0 Å². The van der Waals surface area contributed by atoms with Crippen molar-refractivity contribution >= 4 is 11.6 Å². The number of hydrogen-bond acceptors (Lipinski definition) is 3. The number of nitrogens with zero attached hydrogens (tertiary/aromatic N) is 1. The second-order valence-electron chi connectivity index (χ2n) is 5.28. The van der Waals surface area contributed by atoms with Gasteiger partial charge >= 0.3 is 0 Å². The summed E-state index contributed by atoms with van der Waals surface area (Å²) in [6.45, 7) is 3.34. The van der Waals surface area contributed by atoms with E-state index in [1.54, 1.807) is 0 Å². The minimum absolute atomic E-state index is 0.363. The molecule has 3 N–H and O–H groups in total. The molecule has 2 heterocycles. The van der Waals surface area contributed by atoms with Gasteiger partial charge < -0.3 is 16.0 Å². The smallest absolute Gasteiger partial charge is 0.248 e. The third-order valence-corrected chi connectivity index (χ3v) is 4.12. The zero-order valence-electron chi connectivity index (χ0n) is 10.4. The number of carbonyl (C=O) groups excluding carboxylic acids is 1. The van der Waals surface area contributed by atoms with Crippen LogP contribution in [-0.2, 0) is 0 Å². The van der Waals surface area contributed by atoms with Gasteiger partial charge in [0, 0.05) is 30.4 Å². The van der Waals surface area contributed by atoms with Gasteiger partial charge in [0.1, 0.15) is 0 Å². The van der Waals surface area contributed by atoms with Gasteiger partial charge in [0.25, 0.3) is 0 Å². The number of nitrogens with one attached hydrogen (secondary N) is 1. The van der Waals surface area contributed by atoms with Crippen molar-refractivity contribution in [1.29, 1.82) is 0 Å². The first-order chi connectivity index (χ1) is 8.74. The maximum absolute atomic E-state index is 11.0. The maximum Gasteiger partial charge on any atom is 0.248 e. The number of primary amides is 1. The predicted octanol–water partition coefficient (Wildman–Crippen LogP) is 0.974. The molecule has 4 nitrogen and oxygen atoms in total. The first-order valence-electron chi connectivity index (χ1n) is 6.62. The summed E-state index contributed by atoms with van der Waals surface area (Å²) in [5, 5.41) is 3.59. The average Bonchev–Trinajstić information content (AvgIpc) is 2.82. The Labute approximate surface area is 107 Å². The lowest BCUT2D eigenvalue weighted by Gasteiger charge is -2.24. The number of nitrogens with two attached hydrogens (primary N) is 1. The number of anilines is 1. The molecule has 2 saturated heterocycles. The van der Waals surface area contributed by atoms with Crippen LogP contribution in [0.1, 0.15) is 23.2 Å². The van der Waals surface area contributed by atoms with Crippen molar-refractivity contribution in [2.45, 2.75) is 18.9 Å². The van der Waals surface area contributed by atoms with Crippen molar-refractivity contribution in [1.82, 2.24) is 5.32 Å². The number of benzene rings is 1. The van der Waals surface area contributed by atoms with Gasteiger partial charge in [-0.25, -0.2) is 0 Å². The first kappa shape index (κ1) is 11.5. The van der Waals surface area contributed by atoms with Crippen LogP contribution < -0.4 is 16.0 Å². The van der Waals surface area contributed by atoms with E-state index >= 15 is 0 Å². The fraction of sp³-hybridized carbons (Fsp3) is 0.500. The summed E-state index contributed by atoms with van der Waals surface area (Å²) >= 11 is 0. The summed E-state index contributed by atoms with van der Waals surface area (Å²) in [5.41, 5.74) is 7.02. The largest absolute Gasteiger partial charge is 0.370 e. The van der Waals surface area contributed by atoms with E-state index in [9.17, 15) is 4.79 Å². The molecule has 18 heavy (non-hydrogen) atoms. The quantitative estimate of drug-likeness (QED) is 0.816. The van der Waals surface area contributed by atoms with Crippen molar-refractivity contribution in [3.63, 3.8) is 0 Å². The molecule has 0 spiro atoms. The Morgan fingerprint density at radius 1 is 1.28 bits per heavy atom. The molecule has 2 aliphatic rings. The van der Waals surface area contributed by atoms with Gasteiger partial charge in [-0.15, -0.1) is 0 Å². The standard InChI is InChI=1S/C14H19N3O/c15-14(18)10-3-5-12(6-4-10)17-8-11-2-1-7-16-13(11)9-17/h3-6,11,13,16H,1-2,7-9H2,(H2,15,18). The Bertz CT molecular complexity index is 429. The number of piperidine rings is 1. The second kappa shape index (κ2) is 4.61. The van der Waals surface area contributed by atoms with Crippen LogP contribution in [0, 0.1) is 5.92 Å². The topological polar surface area (TPSA) is 58.4 Å². The number of hydrogen-bond donors (Lipinski definition) is 2. The van der Waals surface area contributed by atoms with Gasteiger partial charge in [0.05, 0.1) is 0 Å².